The lowest BCUT2D eigenvalue weighted by Crippen LogP contribution is -2.30. The van der Waals surface area contributed by atoms with E-state index >= 15 is 0 Å². The lowest BCUT2D eigenvalue weighted by Gasteiger charge is -2.27. The number of hydrogen-bond acceptors (Lipinski definition) is 4. The highest BCUT2D eigenvalue weighted by atomic mass is 19.1. The molecule has 0 bridgehead atoms. The number of rotatable bonds is 5. The molecule has 2 aromatic carbocycles. The molecular weight excluding hydrogens is 428 g/mol. The smallest absolute Gasteiger partial charge is 0.252 e. The summed E-state index contributed by atoms with van der Waals surface area (Å²) in [5.74, 6) is -4.66. The molecule has 1 aliphatic heterocycles. The first-order valence-corrected chi connectivity index (χ1v) is 10.1. The van der Waals surface area contributed by atoms with Gasteiger partial charge in [0.1, 0.15) is 11.6 Å². The normalized spacial score (nSPS) is 15.6. The summed E-state index contributed by atoms with van der Waals surface area (Å²) in [6.45, 7) is 3.37. The third-order valence-corrected chi connectivity index (χ3v) is 5.58. The molecule has 3 aromatic rings. The van der Waals surface area contributed by atoms with Crippen molar-refractivity contribution >= 4 is 5.91 Å². The largest absolute Gasteiger partial charge is 0.474 e. The Morgan fingerprint density at radius 1 is 1.00 bits per heavy atom. The summed E-state index contributed by atoms with van der Waals surface area (Å²) >= 11 is 0. The Morgan fingerprint density at radius 3 is 2.34 bits per heavy atom. The van der Waals surface area contributed by atoms with Crippen molar-refractivity contribution in [2.24, 2.45) is 0 Å². The van der Waals surface area contributed by atoms with Crippen LogP contribution in [0.25, 0.3) is 11.4 Å². The van der Waals surface area contributed by atoms with Crippen molar-refractivity contribution in [2.45, 2.75) is 44.9 Å². The molecule has 1 saturated carbocycles. The summed E-state index contributed by atoms with van der Waals surface area (Å²) in [7, 11) is 0. The molecule has 0 atom stereocenters. The monoisotopic (exact) mass is 446 g/mol. The Morgan fingerprint density at radius 2 is 1.69 bits per heavy atom. The van der Waals surface area contributed by atoms with Gasteiger partial charge in [-0.05, 0) is 44.4 Å². The van der Waals surface area contributed by atoms with Crippen LogP contribution in [0.1, 0.15) is 54.5 Å². The molecule has 6 nitrogen and oxygen atoms in total. The number of carbonyl (C=O) groups excluding carboxylic acids is 1. The zero-order chi connectivity index (χ0) is 22.8. The predicted octanol–water partition coefficient (Wildman–Crippen LogP) is 4.39. The highest BCUT2D eigenvalue weighted by Gasteiger charge is 2.39. The van der Waals surface area contributed by atoms with Gasteiger partial charge in [0, 0.05) is 30.3 Å². The fourth-order valence-corrected chi connectivity index (χ4v) is 3.91. The van der Waals surface area contributed by atoms with Gasteiger partial charge in [0.15, 0.2) is 34.6 Å². The van der Waals surface area contributed by atoms with Gasteiger partial charge in [-0.25, -0.2) is 17.6 Å². The highest BCUT2D eigenvalue weighted by Crippen LogP contribution is 2.43. The molecule has 1 aliphatic carbocycles. The van der Waals surface area contributed by atoms with E-state index in [1.165, 1.54) is 6.07 Å². The van der Waals surface area contributed by atoms with Gasteiger partial charge in [-0.2, -0.15) is 0 Å². The maximum absolute atomic E-state index is 14.9. The van der Waals surface area contributed by atoms with Gasteiger partial charge in [-0.3, -0.25) is 4.79 Å². The van der Waals surface area contributed by atoms with Crippen LogP contribution in [0.15, 0.2) is 24.3 Å². The molecule has 2 aliphatic rings. The van der Waals surface area contributed by atoms with E-state index in [2.05, 4.69) is 15.5 Å². The molecule has 0 radical (unpaired) electrons. The minimum absolute atomic E-state index is 0.0341. The number of aromatic nitrogens is 3. The van der Waals surface area contributed by atoms with Crippen LogP contribution in [0, 0.1) is 23.3 Å². The van der Waals surface area contributed by atoms with E-state index in [1.54, 1.807) is 24.5 Å². The number of ether oxygens (including phenoxy) is 1. The summed E-state index contributed by atoms with van der Waals surface area (Å²) in [5.41, 5.74) is -0.294. The maximum Gasteiger partial charge on any atom is 0.252 e. The fourth-order valence-electron chi connectivity index (χ4n) is 3.91. The van der Waals surface area contributed by atoms with E-state index in [4.69, 9.17) is 4.74 Å². The molecular formula is C22H18F4N4O2. The van der Waals surface area contributed by atoms with E-state index in [-0.39, 0.29) is 41.3 Å². The zero-order valence-corrected chi connectivity index (χ0v) is 17.2. The van der Waals surface area contributed by atoms with Gasteiger partial charge in [-0.1, -0.05) is 0 Å². The molecule has 0 unspecified atom stereocenters. The van der Waals surface area contributed by atoms with Crippen molar-refractivity contribution in [3.05, 3.63) is 64.5 Å². The van der Waals surface area contributed by atoms with E-state index in [0.717, 1.165) is 12.8 Å². The standard InChI is InChI=1S/C22H18F4N4O2/c1-22(2,32-18-16(25)6-11(23)7-17(18)26)21-29-28-19(30(21)12-3-4-12)14-5-10-9-27-20(31)13(10)8-15(14)24/h5-8,12H,3-4,9H2,1-2H3,(H,27,31). The van der Waals surface area contributed by atoms with E-state index < -0.39 is 34.6 Å². The lowest BCUT2D eigenvalue weighted by atomic mass is 10.0. The van der Waals surface area contributed by atoms with Crippen LogP contribution in [0.4, 0.5) is 17.6 Å². The molecule has 1 amide bonds. The summed E-state index contributed by atoms with van der Waals surface area (Å²) < 4.78 is 63.9. The SMILES string of the molecule is CC(C)(Oc1c(F)cc(F)cc1F)c1nnc(-c2cc3c(cc2F)C(=O)NC3)n1C1CC1. The van der Waals surface area contributed by atoms with Gasteiger partial charge in [0.05, 0.1) is 5.56 Å². The summed E-state index contributed by atoms with van der Waals surface area (Å²) in [6, 6.07) is 3.75. The van der Waals surface area contributed by atoms with E-state index in [1.807, 2.05) is 0 Å². The number of fused-ring (bicyclic) bond motifs is 1. The number of carbonyl (C=O) groups is 1. The number of amides is 1. The summed E-state index contributed by atoms with van der Waals surface area (Å²) in [4.78, 5) is 11.8. The van der Waals surface area contributed by atoms with Gasteiger partial charge < -0.3 is 14.6 Å². The van der Waals surface area contributed by atoms with Crippen molar-refractivity contribution in [1.82, 2.24) is 20.1 Å². The first-order chi connectivity index (χ1) is 15.2. The van der Waals surface area contributed by atoms with Gasteiger partial charge in [0.25, 0.3) is 5.91 Å². The molecule has 166 valence electrons. The second-order valence-corrected chi connectivity index (χ2v) is 8.43. The number of hydrogen-bond donors (Lipinski definition) is 1. The molecule has 5 rings (SSSR count). The molecule has 10 heteroatoms. The molecule has 1 N–H and O–H groups in total. The first kappa shape index (κ1) is 20.5. The predicted molar refractivity (Wildman–Crippen MR) is 105 cm³/mol. The Balaban J connectivity index is 1.58. The third kappa shape index (κ3) is 3.30. The Labute approximate surface area is 180 Å². The van der Waals surface area contributed by atoms with Gasteiger partial charge >= 0.3 is 0 Å². The van der Waals surface area contributed by atoms with Crippen molar-refractivity contribution in [3.8, 4) is 17.1 Å². The molecule has 32 heavy (non-hydrogen) atoms. The fraction of sp³-hybridized carbons (Fsp3) is 0.318. The van der Waals surface area contributed by atoms with Crippen LogP contribution in [-0.4, -0.2) is 20.7 Å². The molecule has 0 saturated heterocycles. The number of nitrogens with zero attached hydrogens (tertiary/aromatic N) is 3. The van der Waals surface area contributed by atoms with E-state index in [0.29, 0.717) is 17.7 Å². The van der Waals surface area contributed by atoms with Crippen LogP contribution in [-0.2, 0) is 12.1 Å². The first-order valence-electron chi connectivity index (χ1n) is 10.1. The average Bonchev–Trinajstić information content (AvgIpc) is 3.36. The number of nitrogens with one attached hydrogen (secondary N) is 1. The second kappa shape index (κ2) is 7.04. The Hall–Kier alpha value is -3.43. The Bertz CT molecular complexity index is 1240. The van der Waals surface area contributed by atoms with Crippen molar-refractivity contribution in [2.75, 3.05) is 0 Å². The quantitative estimate of drug-likeness (QED) is 0.590. The average molecular weight is 446 g/mol. The summed E-state index contributed by atoms with van der Waals surface area (Å²) in [5, 5.41) is 11.0. The van der Waals surface area contributed by atoms with Crippen LogP contribution in [0.5, 0.6) is 5.75 Å². The maximum atomic E-state index is 14.9. The molecule has 1 aromatic heterocycles. The van der Waals surface area contributed by atoms with Crippen LogP contribution >= 0.6 is 0 Å². The number of halogens is 4. The molecule has 0 spiro atoms. The van der Waals surface area contributed by atoms with Crippen LogP contribution in [0.2, 0.25) is 0 Å². The van der Waals surface area contributed by atoms with Crippen molar-refractivity contribution in [1.29, 1.82) is 0 Å². The zero-order valence-electron chi connectivity index (χ0n) is 17.2. The van der Waals surface area contributed by atoms with Crippen molar-refractivity contribution < 1.29 is 27.1 Å². The molecule has 1 fully saturated rings. The third-order valence-electron chi connectivity index (χ3n) is 5.58. The Kier molecular flexibility index (Phi) is 4.51. The van der Waals surface area contributed by atoms with E-state index in [9.17, 15) is 22.4 Å². The highest BCUT2D eigenvalue weighted by molar-refractivity contribution is 5.98. The second-order valence-electron chi connectivity index (χ2n) is 8.43. The van der Waals surface area contributed by atoms with Gasteiger partial charge in [-0.15, -0.1) is 10.2 Å². The summed E-state index contributed by atoms with van der Waals surface area (Å²) in [6.07, 6.45) is 1.58. The van der Waals surface area contributed by atoms with Crippen LogP contribution < -0.4 is 10.1 Å². The van der Waals surface area contributed by atoms with Crippen LogP contribution in [0.3, 0.4) is 0 Å². The lowest BCUT2D eigenvalue weighted by molar-refractivity contribution is 0.0821. The van der Waals surface area contributed by atoms with Gasteiger partial charge in [0.2, 0.25) is 0 Å². The van der Waals surface area contributed by atoms with Crippen molar-refractivity contribution in [3.63, 3.8) is 0 Å². The minimum atomic E-state index is -1.38. The number of benzene rings is 2. The minimum Gasteiger partial charge on any atom is -0.474 e. The topological polar surface area (TPSA) is 69.0 Å². The molecule has 2 heterocycles.